The van der Waals surface area contributed by atoms with Gasteiger partial charge in [-0.1, -0.05) is 5.16 Å². The molecule has 1 aromatic rings. The maximum atomic E-state index is 12.3. The highest BCUT2D eigenvalue weighted by Crippen LogP contribution is 2.55. The predicted octanol–water partition coefficient (Wildman–Crippen LogP) is 2.53. The van der Waals surface area contributed by atoms with Crippen LogP contribution >= 0.6 is 0 Å². The summed E-state index contributed by atoms with van der Waals surface area (Å²) in [6.07, 6.45) is 7.25. The number of carbonyl (C=O) groups is 2. The average molecular weight is 332 g/mol. The molecule has 4 saturated carbocycles. The molecule has 6 nitrogen and oxygen atoms in total. The first-order valence-electron chi connectivity index (χ1n) is 8.85. The third-order valence-electron chi connectivity index (χ3n) is 6.01. The number of nitrogens with one attached hydrogen (secondary N) is 1. The van der Waals surface area contributed by atoms with Crippen LogP contribution in [0.15, 0.2) is 4.52 Å². The zero-order chi connectivity index (χ0) is 16.9. The molecule has 4 aliphatic carbocycles. The molecule has 6 heteroatoms. The van der Waals surface area contributed by atoms with Crippen LogP contribution in [0.2, 0.25) is 0 Å². The third-order valence-corrected chi connectivity index (χ3v) is 6.01. The monoisotopic (exact) mass is 332 g/mol. The summed E-state index contributed by atoms with van der Waals surface area (Å²) in [5.41, 5.74) is 0.748. The summed E-state index contributed by atoms with van der Waals surface area (Å²) in [6, 6.07) is 0. The lowest BCUT2D eigenvalue weighted by atomic mass is 9.53. The zero-order valence-corrected chi connectivity index (χ0v) is 14.3. The van der Waals surface area contributed by atoms with Gasteiger partial charge in [0.25, 0.3) is 5.91 Å². The summed E-state index contributed by atoms with van der Waals surface area (Å²) in [5, 5.41) is 6.93. The first-order chi connectivity index (χ1) is 11.4. The van der Waals surface area contributed by atoms with Crippen molar-refractivity contribution in [2.75, 3.05) is 6.61 Å². The van der Waals surface area contributed by atoms with Crippen LogP contribution in [0, 0.1) is 31.6 Å². The van der Waals surface area contributed by atoms with Crippen LogP contribution in [0.25, 0.3) is 0 Å². The number of rotatable bonds is 4. The van der Waals surface area contributed by atoms with Gasteiger partial charge in [0.05, 0.1) is 5.69 Å². The Balaban J connectivity index is 1.35. The van der Waals surface area contributed by atoms with Crippen molar-refractivity contribution in [1.82, 2.24) is 10.5 Å². The molecule has 4 aliphatic rings. The third kappa shape index (κ3) is 2.72. The lowest BCUT2D eigenvalue weighted by molar-refractivity contribution is -0.130. The molecule has 0 unspecified atom stereocenters. The molecule has 0 aliphatic heterocycles. The molecule has 1 N–H and O–H groups in total. The van der Waals surface area contributed by atoms with Gasteiger partial charge in [0.15, 0.2) is 6.61 Å². The summed E-state index contributed by atoms with van der Waals surface area (Å²) < 4.78 is 10.1. The minimum Gasteiger partial charge on any atom is -0.452 e. The van der Waals surface area contributed by atoms with Gasteiger partial charge in [-0.05, 0) is 70.1 Å². The molecule has 1 aromatic heterocycles. The van der Waals surface area contributed by atoms with E-state index in [-0.39, 0.29) is 18.1 Å². The summed E-state index contributed by atoms with van der Waals surface area (Å²) in [5.74, 6) is 1.96. The highest BCUT2D eigenvalue weighted by molar-refractivity contribution is 5.93. The smallest absolute Gasteiger partial charge is 0.344 e. The van der Waals surface area contributed by atoms with Gasteiger partial charge in [0, 0.05) is 5.54 Å². The van der Waals surface area contributed by atoms with Crippen LogP contribution in [-0.2, 0) is 9.53 Å². The van der Waals surface area contributed by atoms with Crippen LogP contribution in [0.5, 0.6) is 0 Å². The number of hydrogen-bond donors (Lipinski definition) is 1. The number of nitrogens with zero attached hydrogens (tertiary/aromatic N) is 1. The van der Waals surface area contributed by atoms with Crippen molar-refractivity contribution in [2.45, 2.75) is 57.9 Å². The Morgan fingerprint density at radius 2 is 1.75 bits per heavy atom. The largest absolute Gasteiger partial charge is 0.452 e. The predicted molar refractivity (Wildman–Crippen MR) is 85.3 cm³/mol. The van der Waals surface area contributed by atoms with E-state index in [0.717, 1.165) is 37.0 Å². The van der Waals surface area contributed by atoms with Crippen LogP contribution in [-0.4, -0.2) is 29.2 Å². The van der Waals surface area contributed by atoms with Crippen molar-refractivity contribution in [2.24, 2.45) is 17.8 Å². The van der Waals surface area contributed by atoms with E-state index in [2.05, 4.69) is 10.5 Å². The van der Waals surface area contributed by atoms with Crippen molar-refractivity contribution < 1.29 is 18.8 Å². The van der Waals surface area contributed by atoms with Gasteiger partial charge in [0.1, 0.15) is 11.3 Å². The highest BCUT2D eigenvalue weighted by Gasteiger charge is 2.51. The zero-order valence-electron chi connectivity index (χ0n) is 14.3. The molecule has 0 radical (unpaired) electrons. The first kappa shape index (κ1) is 15.7. The number of amides is 1. The number of carbonyl (C=O) groups excluding carboxylic acids is 2. The van der Waals surface area contributed by atoms with Crippen molar-refractivity contribution in [3.63, 3.8) is 0 Å². The average Bonchev–Trinajstić information content (AvgIpc) is 2.82. The number of hydrogen-bond acceptors (Lipinski definition) is 5. The van der Waals surface area contributed by atoms with E-state index in [9.17, 15) is 9.59 Å². The molecule has 130 valence electrons. The molecule has 1 amide bonds. The summed E-state index contributed by atoms with van der Waals surface area (Å²) in [4.78, 5) is 24.5. The van der Waals surface area contributed by atoms with Crippen molar-refractivity contribution >= 4 is 11.9 Å². The topological polar surface area (TPSA) is 81.4 Å². The molecule has 1 heterocycles. The normalized spacial score (nSPS) is 33.5. The quantitative estimate of drug-likeness (QED) is 0.857. The highest BCUT2D eigenvalue weighted by atomic mass is 16.5. The SMILES string of the molecule is Cc1noc(C)c1C(=O)OCC(=O)NC12CC3CC(CC(C3)C1)C2. The van der Waals surface area contributed by atoms with E-state index in [1.54, 1.807) is 13.8 Å². The van der Waals surface area contributed by atoms with E-state index in [0.29, 0.717) is 17.0 Å². The van der Waals surface area contributed by atoms with Crippen molar-refractivity contribution in [1.29, 1.82) is 0 Å². The molecule has 0 saturated heterocycles. The van der Waals surface area contributed by atoms with Gasteiger partial charge in [-0.3, -0.25) is 4.79 Å². The Hall–Kier alpha value is -1.85. The summed E-state index contributed by atoms with van der Waals surface area (Å²) >= 11 is 0. The fourth-order valence-corrected chi connectivity index (χ4v) is 5.57. The van der Waals surface area contributed by atoms with Gasteiger partial charge in [0.2, 0.25) is 0 Å². The Bertz CT molecular complexity index is 624. The Kier molecular flexibility index (Phi) is 3.66. The van der Waals surface area contributed by atoms with Gasteiger partial charge < -0.3 is 14.6 Å². The van der Waals surface area contributed by atoms with Gasteiger partial charge in [-0.25, -0.2) is 4.79 Å². The minimum absolute atomic E-state index is 0.0543. The Labute approximate surface area is 141 Å². The maximum Gasteiger partial charge on any atom is 0.344 e. The summed E-state index contributed by atoms with van der Waals surface area (Å²) in [6.45, 7) is 3.10. The fourth-order valence-electron chi connectivity index (χ4n) is 5.57. The van der Waals surface area contributed by atoms with Crippen molar-refractivity contribution in [3.8, 4) is 0 Å². The lowest BCUT2D eigenvalue weighted by Crippen LogP contribution is -2.60. The molecule has 0 aromatic carbocycles. The molecule has 4 fully saturated rings. The Morgan fingerprint density at radius 1 is 1.17 bits per heavy atom. The van der Waals surface area contributed by atoms with Crippen LogP contribution in [0.3, 0.4) is 0 Å². The molecule has 24 heavy (non-hydrogen) atoms. The second-order valence-electron chi connectivity index (χ2n) is 8.02. The molecule has 5 rings (SSSR count). The number of aromatic nitrogens is 1. The molecule has 4 bridgehead atoms. The van der Waals surface area contributed by atoms with E-state index in [1.165, 1.54) is 19.3 Å². The van der Waals surface area contributed by atoms with E-state index in [4.69, 9.17) is 9.26 Å². The Morgan fingerprint density at radius 3 is 2.25 bits per heavy atom. The minimum atomic E-state index is -0.549. The fraction of sp³-hybridized carbons (Fsp3) is 0.722. The van der Waals surface area contributed by atoms with Crippen molar-refractivity contribution in [3.05, 3.63) is 17.0 Å². The number of ether oxygens (including phenoxy) is 1. The molecule has 0 spiro atoms. The van der Waals surface area contributed by atoms with E-state index >= 15 is 0 Å². The van der Waals surface area contributed by atoms with Gasteiger partial charge in [-0.2, -0.15) is 0 Å². The maximum absolute atomic E-state index is 12.3. The van der Waals surface area contributed by atoms with Crippen LogP contribution < -0.4 is 5.32 Å². The first-order valence-corrected chi connectivity index (χ1v) is 8.85. The summed E-state index contributed by atoms with van der Waals surface area (Å²) in [7, 11) is 0. The second kappa shape index (κ2) is 5.60. The standard InChI is InChI=1S/C18H24N2O4/c1-10-16(11(2)24-20-10)17(22)23-9-15(21)19-18-6-12-3-13(7-18)5-14(4-12)8-18/h12-14H,3-9H2,1-2H3,(H,19,21). The van der Waals surface area contributed by atoms with E-state index < -0.39 is 5.97 Å². The second-order valence-corrected chi connectivity index (χ2v) is 8.02. The molecular formula is C18H24N2O4. The van der Waals surface area contributed by atoms with Crippen LogP contribution in [0.4, 0.5) is 0 Å². The number of aryl methyl sites for hydroxylation is 2. The lowest BCUT2D eigenvalue weighted by Gasteiger charge is -2.56. The van der Waals surface area contributed by atoms with Crippen LogP contribution in [0.1, 0.15) is 60.3 Å². The van der Waals surface area contributed by atoms with E-state index in [1.807, 2.05) is 0 Å². The van der Waals surface area contributed by atoms with Gasteiger partial charge in [-0.15, -0.1) is 0 Å². The van der Waals surface area contributed by atoms with Gasteiger partial charge >= 0.3 is 5.97 Å². The molecule has 0 atom stereocenters. The molecular weight excluding hydrogens is 308 g/mol. The number of esters is 1.